The number of nitrogens with one attached hydrogen (secondary N) is 1. The number of urea groups is 1. The van der Waals surface area contributed by atoms with Gasteiger partial charge in [-0.3, -0.25) is 0 Å². The second kappa shape index (κ2) is 9.77. The molecule has 1 fully saturated rings. The van der Waals surface area contributed by atoms with Crippen molar-refractivity contribution >= 4 is 17.5 Å². The van der Waals surface area contributed by atoms with Gasteiger partial charge in [0.25, 0.3) is 0 Å². The molecule has 1 aromatic heterocycles. The number of rotatable bonds is 5. The van der Waals surface area contributed by atoms with Crippen LogP contribution in [0.15, 0.2) is 48.5 Å². The molecule has 0 unspecified atom stereocenters. The lowest BCUT2D eigenvalue weighted by Crippen LogP contribution is -2.50. The molecule has 33 heavy (non-hydrogen) atoms. The van der Waals surface area contributed by atoms with Gasteiger partial charge >= 0.3 is 6.03 Å². The zero-order valence-electron chi connectivity index (χ0n) is 19.5. The predicted molar refractivity (Wildman–Crippen MR) is 129 cm³/mol. The topological polar surface area (TPSA) is 79.8 Å². The highest BCUT2D eigenvalue weighted by Crippen LogP contribution is 2.27. The molecule has 1 N–H and O–H groups in total. The van der Waals surface area contributed by atoms with Crippen molar-refractivity contribution < 1.29 is 14.3 Å². The third kappa shape index (κ3) is 5.52. The van der Waals surface area contributed by atoms with Crippen LogP contribution in [0.4, 0.5) is 16.3 Å². The Balaban J connectivity index is 1.39. The number of ether oxygens (including phenoxy) is 2. The quantitative estimate of drug-likeness (QED) is 0.618. The fourth-order valence-corrected chi connectivity index (χ4v) is 3.72. The van der Waals surface area contributed by atoms with Crippen molar-refractivity contribution in [1.29, 1.82) is 0 Å². The number of nitrogens with zero attached hydrogens (tertiary/aromatic N) is 4. The van der Waals surface area contributed by atoms with Crippen molar-refractivity contribution in [3.8, 4) is 17.4 Å². The molecule has 2 aromatic carbocycles. The largest absolute Gasteiger partial charge is 0.495 e. The molecule has 1 aliphatic rings. The Morgan fingerprint density at radius 2 is 1.61 bits per heavy atom. The van der Waals surface area contributed by atoms with E-state index < -0.39 is 0 Å². The van der Waals surface area contributed by atoms with E-state index in [1.165, 1.54) is 5.56 Å². The van der Waals surface area contributed by atoms with Crippen LogP contribution >= 0.6 is 0 Å². The second-order valence-corrected chi connectivity index (χ2v) is 8.13. The first-order valence-electron chi connectivity index (χ1n) is 11.0. The summed E-state index contributed by atoms with van der Waals surface area (Å²) in [5.41, 5.74) is 2.90. The molecule has 0 atom stereocenters. The molecule has 8 nitrogen and oxygen atoms in total. The Morgan fingerprint density at radius 1 is 0.909 bits per heavy atom. The van der Waals surface area contributed by atoms with Gasteiger partial charge in [0.2, 0.25) is 5.88 Å². The molecule has 0 bridgehead atoms. The lowest BCUT2D eigenvalue weighted by atomic mass is 10.2. The molecule has 0 spiro atoms. The maximum absolute atomic E-state index is 12.8. The Labute approximate surface area is 194 Å². The van der Waals surface area contributed by atoms with E-state index >= 15 is 0 Å². The molecule has 1 aliphatic heterocycles. The molecule has 2 heterocycles. The average Bonchev–Trinajstić information content (AvgIpc) is 2.80. The molecule has 2 amide bonds. The van der Waals surface area contributed by atoms with Crippen LogP contribution in [0, 0.1) is 20.8 Å². The van der Waals surface area contributed by atoms with E-state index in [4.69, 9.17) is 9.47 Å². The number of piperazine rings is 1. The van der Waals surface area contributed by atoms with Crippen molar-refractivity contribution in [2.45, 2.75) is 20.8 Å². The van der Waals surface area contributed by atoms with Crippen molar-refractivity contribution in [3.63, 3.8) is 0 Å². The molecule has 172 valence electrons. The Kier molecular flexibility index (Phi) is 6.63. The fraction of sp³-hybridized carbons (Fsp3) is 0.320. The van der Waals surface area contributed by atoms with Gasteiger partial charge in [0.1, 0.15) is 23.1 Å². The van der Waals surface area contributed by atoms with Gasteiger partial charge in [-0.15, -0.1) is 0 Å². The van der Waals surface area contributed by atoms with Crippen molar-refractivity contribution in [1.82, 2.24) is 14.9 Å². The van der Waals surface area contributed by atoms with E-state index in [2.05, 4.69) is 20.2 Å². The smallest absolute Gasteiger partial charge is 0.322 e. The van der Waals surface area contributed by atoms with Crippen LogP contribution in [0.2, 0.25) is 0 Å². The van der Waals surface area contributed by atoms with Gasteiger partial charge < -0.3 is 24.6 Å². The van der Waals surface area contributed by atoms with Gasteiger partial charge in [-0.25, -0.2) is 9.78 Å². The minimum absolute atomic E-state index is 0.138. The summed E-state index contributed by atoms with van der Waals surface area (Å²) in [6.45, 7) is 8.36. The standard InChI is InChI=1S/C25H29N5O3/c1-17-5-8-20(9-6-17)33-24-16-23(26-19(3)27-24)29-11-13-30(14-12-29)25(31)28-21-15-18(2)7-10-22(21)32-4/h5-10,15-16H,11-14H2,1-4H3,(H,28,31). The van der Waals surface area contributed by atoms with E-state index in [9.17, 15) is 4.79 Å². The first-order chi connectivity index (χ1) is 15.9. The summed E-state index contributed by atoms with van der Waals surface area (Å²) in [6.07, 6.45) is 0. The summed E-state index contributed by atoms with van der Waals surface area (Å²) in [4.78, 5) is 25.8. The summed E-state index contributed by atoms with van der Waals surface area (Å²) in [6, 6.07) is 15.3. The zero-order valence-corrected chi connectivity index (χ0v) is 19.5. The van der Waals surface area contributed by atoms with Crippen LogP contribution in [0.3, 0.4) is 0 Å². The Hall–Kier alpha value is -3.81. The summed E-state index contributed by atoms with van der Waals surface area (Å²) >= 11 is 0. The fourth-order valence-electron chi connectivity index (χ4n) is 3.72. The van der Waals surface area contributed by atoms with Crippen LogP contribution < -0.4 is 19.7 Å². The molecular weight excluding hydrogens is 418 g/mol. The van der Waals surface area contributed by atoms with Gasteiger partial charge in [-0.05, 0) is 50.6 Å². The van der Waals surface area contributed by atoms with Crippen LogP contribution in [-0.2, 0) is 0 Å². The molecular formula is C25H29N5O3. The number of anilines is 2. The van der Waals surface area contributed by atoms with Crippen molar-refractivity contribution in [2.24, 2.45) is 0 Å². The number of hydrogen-bond donors (Lipinski definition) is 1. The second-order valence-electron chi connectivity index (χ2n) is 8.13. The van der Waals surface area contributed by atoms with Crippen LogP contribution in [0.5, 0.6) is 17.4 Å². The van der Waals surface area contributed by atoms with Crippen LogP contribution in [0.1, 0.15) is 17.0 Å². The number of aromatic nitrogens is 2. The van der Waals surface area contributed by atoms with E-state index in [1.807, 2.05) is 69.3 Å². The van der Waals surface area contributed by atoms with Crippen molar-refractivity contribution in [3.05, 3.63) is 65.5 Å². The zero-order chi connectivity index (χ0) is 23.4. The maximum atomic E-state index is 12.8. The molecule has 3 aromatic rings. The molecule has 1 saturated heterocycles. The number of carbonyl (C=O) groups excluding carboxylic acids is 1. The van der Waals surface area contributed by atoms with Gasteiger partial charge in [-0.1, -0.05) is 23.8 Å². The summed E-state index contributed by atoms with van der Waals surface area (Å²) < 4.78 is 11.3. The van der Waals surface area contributed by atoms with Gasteiger partial charge in [0, 0.05) is 32.2 Å². The number of carbonyl (C=O) groups is 1. The molecule has 8 heteroatoms. The number of methoxy groups -OCH3 is 1. The normalized spacial score (nSPS) is 13.6. The summed E-state index contributed by atoms with van der Waals surface area (Å²) in [7, 11) is 1.60. The summed E-state index contributed by atoms with van der Waals surface area (Å²) in [5.74, 6) is 3.32. The number of benzene rings is 2. The Morgan fingerprint density at radius 3 is 2.30 bits per heavy atom. The molecule has 0 aliphatic carbocycles. The molecule has 0 saturated carbocycles. The number of aryl methyl sites for hydroxylation is 3. The lowest BCUT2D eigenvalue weighted by Gasteiger charge is -2.35. The number of amides is 2. The van der Waals surface area contributed by atoms with Crippen LogP contribution in [0.25, 0.3) is 0 Å². The monoisotopic (exact) mass is 447 g/mol. The lowest BCUT2D eigenvalue weighted by molar-refractivity contribution is 0.208. The maximum Gasteiger partial charge on any atom is 0.322 e. The average molecular weight is 448 g/mol. The van der Waals surface area contributed by atoms with Gasteiger partial charge in [-0.2, -0.15) is 4.98 Å². The molecule has 0 radical (unpaired) electrons. The highest BCUT2D eigenvalue weighted by Gasteiger charge is 2.23. The van der Waals surface area contributed by atoms with E-state index in [-0.39, 0.29) is 6.03 Å². The minimum atomic E-state index is -0.138. The summed E-state index contributed by atoms with van der Waals surface area (Å²) in [5, 5.41) is 2.97. The van der Waals surface area contributed by atoms with Gasteiger partial charge in [0.15, 0.2) is 0 Å². The third-order valence-corrected chi connectivity index (χ3v) is 5.53. The van der Waals surface area contributed by atoms with Gasteiger partial charge in [0.05, 0.1) is 12.8 Å². The number of hydrogen-bond acceptors (Lipinski definition) is 6. The first-order valence-corrected chi connectivity index (χ1v) is 11.0. The SMILES string of the molecule is COc1ccc(C)cc1NC(=O)N1CCN(c2cc(Oc3ccc(C)cc3)nc(C)n2)CC1. The minimum Gasteiger partial charge on any atom is -0.495 e. The highest BCUT2D eigenvalue weighted by atomic mass is 16.5. The predicted octanol–water partition coefficient (Wildman–Crippen LogP) is 4.56. The van der Waals surface area contributed by atoms with E-state index in [0.717, 1.165) is 17.1 Å². The third-order valence-electron chi connectivity index (χ3n) is 5.53. The Bertz CT molecular complexity index is 1130. The van der Waals surface area contributed by atoms with E-state index in [0.29, 0.717) is 49.3 Å². The first kappa shape index (κ1) is 22.4. The highest BCUT2D eigenvalue weighted by molar-refractivity contribution is 5.91. The van der Waals surface area contributed by atoms with Crippen molar-refractivity contribution in [2.75, 3.05) is 43.5 Å². The van der Waals surface area contributed by atoms with Crippen LogP contribution in [-0.4, -0.2) is 54.2 Å². The van der Waals surface area contributed by atoms with E-state index in [1.54, 1.807) is 12.0 Å². The molecule has 4 rings (SSSR count).